The number of aliphatic hydroxyl groups excluding tert-OH is 1. The van der Waals surface area contributed by atoms with E-state index in [0.717, 1.165) is 51.4 Å². The van der Waals surface area contributed by atoms with Gasteiger partial charge in [-0.25, -0.2) is 13.2 Å². The van der Waals surface area contributed by atoms with Crippen molar-refractivity contribution in [1.82, 2.24) is 0 Å². The van der Waals surface area contributed by atoms with E-state index in [-0.39, 0.29) is 35.6 Å². The van der Waals surface area contributed by atoms with Crippen molar-refractivity contribution in [2.24, 2.45) is 11.8 Å². The predicted octanol–water partition coefficient (Wildman–Crippen LogP) is 8.70. The van der Waals surface area contributed by atoms with Crippen molar-refractivity contribution in [2.75, 3.05) is 6.61 Å². The van der Waals surface area contributed by atoms with Crippen molar-refractivity contribution in [3.8, 4) is 5.75 Å². The second-order valence-corrected chi connectivity index (χ2v) is 10.8. The zero-order chi connectivity index (χ0) is 26.4. The molecule has 2 aromatic carbocycles. The van der Waals surface area contributed by atoms with Gasteiger partial charge < -0.3 is 9.84 Å². The molecule has 2 aliphatic rings. The largest absolute Gasteiger partial charge is 0.493 e. The van der Waals surface area contributed by atoms with Crippen LogP contribution in [0.2, 0.25) is 0 Å². The van der Waals surface area contributed by atoms with Gasteiger partial charge in [0.2, 0.25) is 0 Å². The fourth-order valence-electron chi connectivity index (χ4n) is 5.98. The van der Waals surface area contributed by atoms with Gasteiger partial charge in [0.15, 0.2) is 11.6 Å². The lowest BCUT2D eigenvalue weighted by Crippen LogP contribution is -2.23. The van der Waals surface area contributed by atoms with Crippen LogP contribution in [0.5, 0.6) is 5.75 Å². The second kappa shape index (κ2) is 12.8. The summed E-state index contributed by atoms with van der Waals surface area (Å²) in [7, 11) is 0. The van der Waals surface area contributed by atoms with Gasteiger partial charge >= 0.3 is 0 Å². The fraction of sp³-hybridized carbons (Fsp3) is 0.500. The normalized spacial score (nSPS) is 25.2. The van der Waals surface area contributed by atoms with Gasteiger partial charge in [-0.1, -0.05) is 30.4 Å². The van der Waals surface area contributed by atoms with Gasteiger partial charge in [0.05, 0.1) is 12.7 Å². The summed E-state index contributed by atoms with van der Waals surface area (Å²) < 4.78 is 50.2. The molecule has 0 radical (unpaired) electrons. The quantitative estimate of drug-likeness (QED) is 0.269. The van der Waals surface area contributed by atoms with Crippen LogP contribution in [0.4, 0.5) is 13.2 Å². The van der Waals surface area contributed by atoms with E-state index >= 15 is 8.78 Å². The molecule has 2 nitrogen and oxygen atoms in total. The molecule has 0 aliphatic heterocycles. The Morgan fingerprint density at radius 1 is 0.919 bits per heavy atom. The van der Waals surface area contributed by atoms with E-state index in [1.54, 1.807) is 30.3 Å². The van der Waals surface area contributed by atoms with E-state index in [0.29, 0.717) is 35.5 Å². The van der Waals surface area contributed by atoms with Crippen LogP contribution in [-0.4, -0.2) is 17.8 Å². The molecular weight excluding hydrogens is 473 g/mol. The number of benzene rings is 2. The van der Waals surface area contributed by atoms with Crippen molar-refractivity contribution in [1.29, 1.82) is 0 Å². The summed E-state index contributed by atoms with van der Waals surface area (Å²) in [5.74, 6) is -0.627. The number of hydrogen-bond donors (Lipinski definition) is 1. The zero-order valence-corrected chi connectivity index (χ0v) is 21.8. The van der Waals surface area contributed by atoms with Gasteiger partial charge in [-0.15, -0.1) is 6.58 Å². The summed E-state index contributed by atoms with van der Waals surface area (Å²) in [6, 6.07) is 8.48. The Morgan fingerprint density at radius 3 is 2.05 bits per heavy atom. The SMILES string of the molecule is C=CCCOc1ccc(/C=C/C2CCC(c3ccc(C4CCC(C(C)O)CC4)c(F)c3F)CC2)c(F)c1. The molecule has 0 saturated heterocycles. The van der Waals surface area contributed by atoms with Crippen molar-refractivity contribution in [3.05, 3.63) is 83.2 Å². The maximum Gasteiger partial charge on any atom is 0.162 e. The minimum absolute atomic E-state index is 0.00269. The Morgan fingerprint density at radius 2 is 1.51 bits per heavy atom. The van der Waals surface area contributed by atoms with Crippen LogP contribution in [0.3, 0.4) is 0 Å². The average molecular weight is 513 g/mol. The summed E-state index contributed by atoms with van der Waals surface area (Å²) in [5.41, 5.74) is 1.49. The molecule has 2 aromatic rings. The maximum absolute atomic E-state index is 15.2. The third-order valence-electron chi connectivity index (χ3n) is 8.36. The predicted molar refractivity (Wildman–Crippen MR) is 143 cm³/mol. The Labute approximate surface area is 219 Å². The number of rotatable bonds is 9. The van der Waals surface area contributed by atoms with Crippen LogP contribution in [0.1, 0.15) is 93.2 Å². The van der Waals surface area contributed by atoms with Crippen LogP contribution < -0.4 is 4.74 Å². The van der Waals surface area contributed by atoms with Gasteiger partial charge in [0.1, 0.15) is 11.6 Å². The monoisotopic (exact) mass is 512 g/mol. The summed E-state index contributed by atoms with van der Waals surface area (Å²) >= 11 is 0. The van der Waals surface area contributed by atoms with E-state index < -0.39 is 11.6 Å². The molecule has 0 aromatic heterocycles. The number of ether oxygens (including phenoxy) is 1. The van der Waals surface area contributed by atoms with Crippen LogP contribution in [0.25, 0.3) is 6.08 Å². The molecule has 200 valence electrons. The Kier molecular flexibility index (Phi) is 9.53. The Hall–Kier alpha value is -2.53. The lowest BCUT2D eigenvalue weighted by Gasteiger charge is -2.31. The second-order valence-electron chi connectivity index (χ2n) is 10.8. The first-order valence-corrected chi connectivity index (χ1v) is 13.7. The fourth-order valence-corrected chi connectivity index (χ4v) is 5.98. The van der Waals surface area contributed by atoms with Gasteiger partial charge in [0.25, 0.3) is 0 Å². The molecule has 0 bridgehead atoms. The molecule has 2 aliphatic carbocycles. The van der Waals surface area contributed by atoms with Crippen molar-refractivity contribution >= 4 is 6.08 Å². The van der Waals surface area contributed by atoms with Crippen LogP contribution in [0.15, 0.2) is 49.1 Å². The molecule has 0 amide bonds. The topological polar surface area (TPSA) is 29.5 Å². The minimum atomic E-state index is -0.688. The van der Waals surface area contributed by atoms with Gasteiger partial charge in [0, 0.05) is 11.6 Å². The maximum atomic E-state index is 15.2. The first-order chi connectivity index (χ1) is 17.9. The van der Waals surface area contributed by atoms with E-state index in [1.165, 1.54) is 6.07 Å². The van der Waals surface area contributed by atoms with Crippen molar-refractivity contribution in [2.45, 2.75) is 82.7 Å². The molecule has 0 spiro atoms. The van der Waals surface area contributed by atoms with E-state index in [2.05, 4.69) is 6.58 Å². The van der Waals surface area contributed by atoms with Crippen molar-refractivity contribution < 1.29 is 23.0 Å². The molecule has 2 saturated carbocycles. The average Bonchev–Trinajstić information content (AvgIpc) is 2.90. The highest BCUT2D eigenvalue weighted by molar-refractivity contribution is 5.52. The van der Waals surface area contributed by atoms with E-state index in [4.69, 9.17) is 4.74 Å². The van der Waals surface area contributed by atoms with Crippen molar-refractivity contribution in [3.63, 3.8) is 0 Å². The lowest BCUT2D eigenvalue weighted by molar-refractivity contribution is 0.0963. The summed E-state index contributed by atoms with van der Waals surface area (Å²) in [6.07, 6.45) is 12.5. The van der Waals surface area contributed by atoms with E-state index in [9.17, 15) is 9.50 Å². The highest BCUT2D eigenvalue weighted by Crippen LogP contribution is 2.42. The van der Waals surface area contributed by atoms with Crippen LogP contribution in [-0.2, 0) is 0 Å². The third kappa shape index (κ3) is 6.87. The molecule has 1 atom stereocenters. The molecule has 37 heavy (non-hydrogen) atoms. The standard InChI is InChI=1S/C32H39F3O2/c1-3-4-19-37-27-16-15-26(30(33)20-27)10-7-22-5-8-24(9-6-22)28-17-18-29(32(35)31(28)34)25-13-11-23(12-14-25)21(2)36/h3,7,10,15-18,20-25,36H,1,4-6,8-9,11-14,19H2,2H3/b10-7+. The summed E-state index contributed by atoms with van der Waals surface area (Å²) in [5, 5.41) is 9.82. The van der Waals surface area contributed by atoms with Gasteiger partial charge in [-0.2, -0.15) is 0 Å². The van der Waals surface area contributed by atoms with Crippen LogP contribution in [0, 0.1) is 29.3 Å². The Balaban J connectivity index is 1.32. The minimum Gasteiger partial charge on any atom is -0.493 e. The first kappa shape index (κ1) is 27.5. The summed E-state index contributed by atoms with van der Waals surface area (Å²) in [4.78, 5) is 0. The Bertz CT molecular complexity index is 1080. The highest BCUT2D eigenvalue weighted by atomic mass is 19.2. The molecular formula is C32H39F3O2. The lowest BCUT2D eigenvalue weighted by atomic mass is 9.75. The number of aliphatic hydroxyl groups is 1. The van der Waals surface area contributed by atoms with Gasteiger partial charge in [-0.05, 0) is 112 Å². The smallest absolute Gasteiger partial charge is 0.162 e. The van der Waals surface area contributed by atoms with E-state index in [1.807, 2.05) is 19.1 Å². The van der Waals surface area contributed by atoms with Gasteiger partial charge in [-0.3, -0.25) is 0 Å². The summed E-state index contributed by atoms with van der Waals surface area (Å²) in [6.45, 7) is 5.92. The molecule has 0 heterocycles. The zero-order valence-electron chi connectivity index (χ0n) is 21.8. The van der Waals surface area contributed by atoms with Crippen LogP contribution >= 0.6 is 0 Å². The number of halogens is 3. The number of hydrogen-bond acceptors (Lipinski definition) is 2. The molecule has 5 heteroatoms. The molecule has 1 unspecified atom stereocenters. The molecule has 1 N–H and O–H groups in total. The molecule has 4 rings (SSSR count). The first-order valence-electron chi connectivity index (χ1n) is 13.7. The third-order valence-corrected chi connectivity index (χ3v) is 8.36. The highest BCUT2D eigenvalue weighted by Gasteiger charge is 2.30. The molecule has 2 fully saturated rings. The number of allylic oxidation sites excluding steroid dienone is 1.